The molecular formula is C23H21Cl3N2O5S. The third kappa shape index (κ3) is 5.88. The molecule has 0 spiro atoms. The van der Waals surface area contributed by atoms with E-state index in [0.717, 1.165) is 10.6 Å². The van der Waals surface area contributed by atoms with Crippen LogP contribution in [0.5, 0.6) is 11.5 Å². The highest BCUT2D eigenvalue weighted by molar-refractivity contribution is 7.92. The Bertz CT molecular complexity index is 1310. The Kier molecular flexibility index (Phi) is 8.20. The summed E-state index contributed by atoms with van der Waals surface area (Å²) in [6.45, 7) is -0.0519. The zero-order valence-corrected chi connectivity index (χ0v) is 21.5. The molecule has 0 saturated carbocycles. The Labute approximate surface area is 213 Å². The van der Waals surface area contributed by atoms with Crippen molar-refractivity contribution >= 4 is 62.1 Å². The number of carbonyl (C=O) groups is 1. The monoisotopic (exact) mass is 542 g/mol. The first-order chi connectivity index (χ1) is 16.0. The molecule has 0 aliphatic rings. The van der Waals surface area contributed by atoms with Crippen molar-refractivity contribution in [3.8, 4) is 11.5 Å². The molecule has 0 fully saturated rings. The lowest BCUT2D eigenvalue weighted by Crippen LogP contribution is -2.31. The predicted molar refractivity (Wildman–Crippen MR) is 136 cm³/mol. The van der Waals surface area contributed by atoms with Crippen molar-refractivity contribution in [1.29, 1.82) is 0 Å². The van der Waals surface area contributed by atoms with E-state index >= 15 is 0 Å². The van der Waals surface area contributed by atoms with Crippen molar-refractivity contribution in [3.05, 3.63) is 80.8 Å². The lowest BCUT2D eigenvalue weighted by molar-refractivity contribution is 0.102. The fourth-order valence-electron chi connectivity index (χ4n) is 3.18. The average molecular weight is 544 g/mol. The lowest BCUT2D eigenvalue weighted by Gasteiger charge is -2.26. The summed E-state index contributed by atoms with van der Waals surface area (Å²) in [6.07, 6.45) is 1.05. The summed E-state index contributed by atoms with van der Waals surface area (Å²) in [5.41, 5.74) is 1.04. The van der Waals surface area contributed by atoms with Gasteiger partial charge in [-0.2, -0.15) is 0 Å². The van der Waals surface area contributed by atoms with Crippen LogP contribution in [0, 0.1) is 0 Å². The zero-order valence-electron chi connectivity index (χ0n) is 18.4. The first-order valence-electron chi connectivity index (χ1n) is 9.78. The van der Waals surface area contributed by atoms with E-state index in [1.54, 1.807) is 42.5 Å². The molecule has 0 atom stereocenters. The molecule has 0 radical (unpaired) electrons. The number of sulfonamides is 1. The number of nitrogens with one attached hydrogen (secondary N) is 1. The maximum Gasteiger partial charge on any atom is 0.257 e. The van der Waals surface area contributed by atoms with E-state index in [1.165, 1.54) is 26.4 Å². The van der Waals surface area contributed by atoms with Gasteiger partial charge in [0.1, 0.15) is 0 Å². The Balaban J connectivity index is 2.15. The molecule has 0 heterocycles. The van der Waals surface area contributed by atoms with Gasteiger partial charge < -0.3 is 14.8 Å². The molecule has 0 aromatic heterocycles. The smallest absolute Gasteiger partial charge is 0.257 e. The van der Waals surface area contributed by atoms with Gasteiger partial charge in [-0.05, 0) is 35.9 Å². The summed E-state index contributed by atoms with van der Waals surface area (Å²) < 4.78 is 37.5. The van der Waals surface area contributed by atoms with Crippen LogP contribution in [0.1, 0.15) is 15.9 Å². The Morgan fingerprint density at radius 3 is 2.18 bits per heavy atom. The van der Waals surface area contributed by atoms with Gasteiger partial charge in [-0.3, -0.25) is 9.10 Å². The molecule has 1 N–H and O–H groups in total. The number of nitrogens with zero attached hydrogens (tertiary/aromatic N) is 1. The lowest BCUT2D eigenvalue weighted by atomic mass is 10.1. The molecule has 0 aliphatic heterocycles. The second-order valence-corrected chi connectivity index (χ2v) is 10.3. The molecule has 0 unspecified atom stereocenters. The maximum absolute atomic E-state index is 13.3. The SMILES string of the molecule is COc1cc(C(=O)Nc2cccc(Cl)c2Cl)c(N(Cc2ccc(Cl)cc2)S(C)(=O)=O)cc1OC. The van der Waals surface area contributed by atoms with Crippen LogP contribution in [0.25, 0.3) is 0 Å². The first-order valence-corrected chi connectivity index (χ1v) is 12.8. The summed E-state index contributed by atoms with van der Waals surface area (Å²) >= 11 is 18.2. The van der Waals surface area contributed by atoms with E-state index in [0.29, 0.717) is 10.6 Å². The number of carbonyl (C=O) groups excluding carboxylic acids is 1. The number of anilines is 2. The molecular weight excluding hydrogens is 523 g/mol. The van der Waals surface area contributed by atoms with Crippen molar-refractivity contribution in [2.24, 2.45) is 0 Å². The summed E-state index contributed by atoms with van der Waals surface area (Å²) in [6, 6.07) is 14.3. The number of benzene rings is 3. The molecule has 3 rings (SSSR count). The minimum atomic E-state index is -3.84. The number of amides is 1. The first kappa shape index (κ1) is 26.0. The van der Waals surface area contributed by atoms with Crippen LogP contribution in [0.15, 0.2) is 54.6 Å². The number of halogens is 3. The van der Waals surface area contributed by atoms with E-state index in [9.17, 15) is 13.2 Å². The standard InChI is InChI=1S/C23H21Cl3N2O5S/c1-32-20-11-16(23(29)27-18-6-4-5-17(25)22(18)26)19(12-21(20)33-2)28(34(3,30)31)13-14-7-9-15(24)10-8-14/h4-12H,13H2,1-3H3,(H,27,29). The summed E-state index contributed by atoms with van der Waals surface area (Å²) in [4.78, 5) is 13.3. The van der Waals surface area contributed by atoms with Crippen LogP contribution >= 0.6 is 34.8 Å². The fourth-order valence-corrected chi connectivity index (χ4v) is 4.55. The number of rotatable bonds is 8. The third-order valence-electron chi connectivity index (χ3n) is 4.85. The van der Waals surface area contributed by atoms with Gasteiger partial charge in [0.25, 0.3) is 5.91 Å². The van der Waals surface area contributed by atoms with Gasteiger partial charge in [0.15, 0.2) is 11.5 Å². The van der Waals surface area contributed by atoms with Gasteiger partial charge in [0.05, 0.1) is 54.0 Å². The minimum absolute atomic E-state index is 0.0214. The van der Waals surface area contributed by atoms with Gasteiger partial charge in [-0.1, -0.05) is 53.0 Å². The van der Waals surface area contributed by atoms with Crippen LogP contribution in [-0.4, -0.2) is 34.8 Å². The average Bonchev–Trinajstić information content (AvgIpc) is 2.80. The van der Waals surface area contributed by atoms with Crippen LogP contribution in [-0.2, 0) is 16.6 Å². The highest BCUT2D eigenvalue weighted by Crippen LogP contribution is 2.38. The predicted octanol–water partition coefficient (Wildman–Crippen LogP) is 5.88. The fraction of sp³-hybridized carbons (Fsp3) is 0.174. The largest absolute Gasteiger partial charge is 0.493 e. The van der Waals surface area contributed by atoms with Crippen molar-refractivity contribution in [2.75, 3.05) is 30.1 Å². The highest BCUT2D eigenvalue weighted by Gasteiger charge is 2.27. The number of ether oxygens (including phenoxy) is 2. The summed E-state index contributed by atoms with van der Waals surface area (Å²) in [7, 11) is -1.01. The molecule has 0 bridgehead atoms. The normalized spacial score (nSPS) is 11.1. The van der Waals surface area contributed by atoms with Crippen molar-refractivity contribution in [1.82, 2.24) is 0 Å². The second-order valence-electron chi connectivity index (χ2n) is 7.18. The molecule has 11 heteroatoms. The van der Waals surface area contributed by atoms with E-state index < -0.39 is 15.9 Å². The molecule has 0 saturated heterocycles. The molecule has 34 heavy (non-hydrogen) atoms. The van der Waals surface area contributed by atoms with Gasteiger partial charge in [0.2, 0.25) is 10.0 Å². The van der Waals surface area contributed by atoms with Crippen molar-refractivity contribution < 1.29 is 22.7 Å². The van der Waals surface area contributed by atoms with Gasteiger partial charge in [-0.15, -0.1) is 0 Å². The maximum atomic E-state index is 13.3. The van der Waals surface area contributed by atoms with Crippen LogP contribution in [0.4, 0.5) is 11.4 Å². The van der Waals surface area contributed by atoms with Crippen molar-refractivity contribution in [2.45, 2.75) is 6.54 Å². The molecule has 0 aliphatic carbocycles. The van der Waals surface area contributed by atoms with E-state index in [2.05, 4.69) is 5.32 Å². The number of hydrogen-bond acceptors (Lipinski definition) is 5. The topological polar surface area (TPSA) is 84.9 Å². The van der Waals surface area contributed by atoms with Gasteiger partial charge in [0, 0.05) is 11.1 Å². The highest BCUT2D eigenvalue weighted by atomic mass is 35.5. The summed E-state index contributed by atoms with van der Waals surface area (Å²) in [5.74, 6) is -0.127. The van der Waals surface area contributed by atoms with Crippen LogP contribution < -0.4 is 19.1 Å². The number of methoxy groups -OCH3 is 2. The minimum Gasteiger partial charge on any atom is -0.493 e. The van der Waals surface area contributed by atoms with Crippen molar-refractivity contribution in [3.63, 3.8) is 0 Å². The molecule has 3 aromatic carbocycles. The third-order valence-corrected chi connectivity index (χ3v) is 7.05. The van der Waals surface area contributed by atoms with E-state index in [1.807, 2.05) is 0 Å². The van der Waals surface area contributed by atoms with E-state index in [4.69, 9.17) is 44.3 Å². The second kappa shape index (κ2) is 10.7. The molecule has 1 amide bonds. The Morgan fingerprint density at radius 1 is 0.971 bits per heavy atom. The quantitative estimate of drug-likeness (QED) is 0.383. The Morgan fingerprint density at radius 2 is 1.59 bits per heavy atom. The summed E-state index contributed by atoms with van der Waals surface area (Å²) in [5, 5.41) is 3.61. The number of hydrogen-bond donors (Lipinski definition) is 1. The molecule has 3 aromatic rings. The Hall–Kier alpha value is -2.65. The molecule has 180 valence electrons. The van der Waals surface area contributed by atoms with Crippen LogP contribution in [0.3, 0.4) is 0 Å². The van der Waals surface area contributed by atoms with Gasteiger partial charge in [-0.25, -0.2) is 8.42 Å². The van der Waals surface area contributed by atoms with E-state index in [-0.39, 0.29) is 45.0 Å². The van der Waals surface area contributed by atoms with Crippen LogP contribution in [0.2, 0.25) is 15.1 Å². The zero-order chi connectivity index (χ0) is 25.0. The molecule has 7 nitrogen and oxygen atoms in total. The van der Waals surface area contributed by atoms with Gasteiger partial charge >= 0.3 is 0 Å².